The van der Waals surface area contributed by atoms with Gasteiger partial charge in [-0.1, -0.05) is 31.0 Å². The molecule has 124 valence electrons. The highest BCUT2D eigenvalue weighted by molar-refractivity contribution is 5.80. The molecule has 0 aliphatic rings. The molecule has 1 heterocycles. The van der Waals surface area contributed by atoms with E-state index in [1.165, 1.54) is 5.56 Å². The van der Waals surface area contributed by atoms with E-state index in [4.69, 9.17) is 5.73 Å². The lowest BCUT2D eigenvalue weighted by Gasteiger charge is -2.26. The predicted molar refractivity (Wildman–Crippen MR) is 90.8 cm³/mol. The van der Waals surface area contributed by atoms with Gasteiger partial charge in [-0.25, -0.2) is 4.98 Å². The molecule has 0 fully saturated rings. The number of rotatable bonds is 8. The fraction of sp³-hybridized carbons (Fsp3) is 0.444. The summed E-state index contributed by atoms with van der Waals surface area (Å²) in [5.74, 6) is -0.814. The number of imidazole rings is 1. The maximum Gasteiger partial charge on any atom is 0.315 e. The van der Waals surface area contributed by atoms with Crippen LogP contribution in [0.5, 0.6) is 0 Å². The molecule has 5 heteroatoms. The number of aromatic nitrogens is 2. The number of aryl methyl sites for hydroxylation is 1. The number of carboxylic acids is 1. The highest BCUT2D eigenvalue weighted by Gasteiger charge is 2.40. The van der Waals surface area contributed by atoms with Gasteiger partial charge in [0.2, 0.25) is 0 Å². The summed E-state index contributed by atoms with van der Waals surface area (Å²) in [5.41, 5.74) is 7.38. The summed E-state index contributed by atoms with van der Waals surface area (Å²) in [4.78, 5) is 16.4. The molecule has 1 aromatic heterocycles. The van der Waals surface area contributed by atoms with Crippen LogP contribution in [0.25, 0.3) is 5.69 Å². The van der Waals surface area contributed by atoms with Gasteiger partial charge in [-0.05, 0) is 44.9 Å². The van der Waals surface area contributed by atoms with Crippen molar-refractivity contribution in [2.24, 2.45) is 5.73 Å². The van der Waals surface area contributed by atoms with E-state index in [0.717, 1.165) is 18.5 Å². The Hall–Kier alpha value is -2.14. The molecular formula is C18H25N3O2. The number of unbranched alkanes of at least 4 members (excludes halogenated alkanes) is 1. The lowest BCUT2D eigenvalue weighted by atomic mass is 9.77. The zero-order chi connectivity index (χ0) is 16.9. The maximum absolute atomic E-state index is 12.0. The smallest absolute Gasteiger partial charge is 0.315 e. The molecule has 0 aliphatic carbocycles. The van der Waals surface area contributed by atoms with Crippen molar-refractivity contribution in [2.75, 3.05) is 6.54 Å². The van der Waals surface area contributed by atoms with E-state index in [9.17, 15) is 9.90 Å². The van der Waals surface area contributed by atoms with E-state index in [-0.39, 0.29) is 0 Å². The number of hydrogen-bond acceptors (Lipinski definition) is 3. The third-order valence-corrected chi connectivity index (χ3v) is 4.48. The zero-order valence-electron chi connectivity index (χ0n) is 13.8. The summed E-state index contributed by atoms with van der Waals surface area (Å²) in [6.07, 6.45) is 6.21. The summed E-state index contributed by atoms with van der Waals surface area (Å²) in [7, 11) is 0. The fourth-order valence-corrected chi connectivity index (χ4v) is 2.85. The number of nitrogens with zero attached hydrogens (tertiary/aromatic N) is 2. The Kier molecular flexibility index (Phi) is 5.55. The SMILES string of the molecule is CC[C@](CCCCN)(C(=O)O)c1cn(-c2ccc(C)cc2)cn1. The molecule has 2 aromatic rings. The monoisotopic (exact) mass is 315 g/mol. The van der Waals surface area contributed by atoms with Gasteiger partial charge in [0.15, 0.2) is 0 Å². The molecule has 0 bridgehead atoms. The second kappa shape index (κ2) is 7.42. The first-order chi connectivity index (χ1) is 11.0. The normalized spacial score (nSPS) is 13.7. The first-order valence-electron chi connectivity index (χ1n) is 8.08. The van der Waals surface area contributed by atoms with Crippen LogP contribution in [0.15, 0.2) is 36.8 Å². The number of hydrogen-bond donors (Lipinski definition) is 2. The van der Waals surface area contributed by atoms with Crippen molar-refractivity contribution in [2.45, 2.75) is 44.9 Å². The maximum atomic E-state index is 12.0. The summed E-state index contributed by atoms with van der Waals surface area (Å²) in [5, 5.41) is 9.81. The summed E-state index contributed by atoms with van der Waals surface area (Å²) >= 11 is 0. The van der Waals surface area contributed by atoms with Gasteiger partial charge in [-0.2, -0.15) is 0 Å². The Morgan fingerprint density at radius 1 is 1.30 bits per heavy atom. The van der Waals surface area contributed by atoms with Gasteiger partial charge in [-0.15, -0.1) is 0 Å². The first kappa shape index (κ1) is 17.2. The van der Waals surface area contributed by atoms with Crippen LogP contribution in [0.4, 0.5) is 0 Å². The third-order valence-electron chi connectivity index (χ3n) is 4.48. The van der Waals surface area contributed by atoms with Gasteiger partial charge in [-0.3, -0.25) is 4.79 Å². The van der Waals surface area contributed by atoms with Gasteiger partial charge >= 0.3 is 5.97 Å². The lowest BCUT2D eigenvalue weighted by molar-refractivity contribution is -0.144. The van der Waals surface area contributed by atoms with Crippen LogP contribution in [0.3, 0.4) is 0 Å². The van der Waals surface area contributed by atoms with E-state index < -0.39 is 11.4 Å². The molecular weight excluding hydrogens is 290 g/mol. The van der Waals surface area contributed by atoms with Crippen molar-refractivity contribution in [3.63, 3.8) is 0 Å². The molecule has 5 nitrogen and oxygen atoms in total. The third kappa shape index (κ3) is 3.62. The number of nitrogens with two attached hydrogens (primary N) is 1. The van der Waals surface area contributed by atoms with Crippen molar-refractivity contribution in [1.82, 2.24) is 9.55 Å². The molecule has 0 saturated carbocycles. The van der Waals surface area contributed by atoms with Crippen LogP contribution >= 0.6 is 0 Å². The quantitative estimate of drug-likeness (QED) is 0.734. The highest BCUT2D eigenvalue weighted by atomic mass is 16.4. The lowest BCUT2D eigenvalue weighted by Crippen LogP contribution is -2.35. The average Bonchev–Trinajstić information content (AvgIpc) is 3.02. The molecule has 0 aliphatic heterocycles. The molecule has 0 amide bonds. The Labute approximate surface area is 137 Å². The van der Waals surface area contributed by atoms with E-state index in [0.29, 0.717) is 25.1 Å². The van der Waals surface area contributed by atoms with Gasteiger partial charge in [0.25, 0.3) is 0 Å². The first-order valence-corrected chi connectivity index (χ1v) is 8.08. The molecule has 0 saturated heterocycles. The molecule has 0 unspecified atom stereocenters. The predicted octanol–water partition coefficient (Wildman–Crippen LogP) is 3.04. The molecule has 2 rings (SSSR count). The van der Waals surface area contributed by atoms with Gasteiger partial charge < -0.3 is 15.4 Å². The topological polar surface area (TPSA) is 81.1 Å². The van der Waals surface area contributed by atoms with Crippen LogP contribution in [0.1, 0.15) is 43.9 Å². The Bertz CT molecular complexity index is 649. The standard InChI is InChI=1S/C18H25N3O2/c1-3-18(17(22)23,10-4-5-11-19)16-12-21(13-20-16)15-8-6-14(2)7-9-15/h6-9,12-13H,3-5,10-11,19H2,1-2H3,(H,22,23)/t18-/m1/s1. The van der Waals surface area contributed by atoms with Crippen LogP contribution in [0.2, 0.25) is 0 Å². The Morgan fingerprint density at radius 2 is 2.00 bits per heavy atom. The second-order valence-electron chi connectivity index (χ2n) is 5.99. The molecule has 23 heavy (non-hydrogen) atoms. The van der Waals surface area contributed by atoms with E-state index in [2.05, 4.69) is 4.98 Å². The van der Waals surface area contributed by atoms with Crippen LogP contribution in [0, 0.1) is 6.92 Å². The van der Waals surface area contributed by atoms with Crippen LogP contribution in [-0.2, 0) is 10.2 Å². The Balaban J connectivity index is 2.33. The number of carboxylic acid groups (broad SMARTS) is 1. The Morgan fingerprint density at radius 3 is 2.57 bits per heavy atom. The molecule has 3 N–H and O–H groups in total. The number of carbonyl (C=O) groups is 1. The van der Waals surface area contributed by atoms with Crippen LogP contribution in [-0.4, -0.2) is 27.2 Å². The van der Waals surface area contributed by atoms with Crippen molar-refractivity contribution < 1.29 is 9.90 Å². The molecule has 1 aromatic carbocycles. The number of aliphatic carboxylic acids is 1. The highest BCUT2D eigenvalue weighted by Crippen LogP contribution is 2.33. The summed E-state index contributed by atoms with van der Waals surface area (Å²) in [6, 6.07) is 8.06. The van der Waals surface area contributed by atoms with E-state index in [1.54, 1.807) is 6.33 Å². The molecule has 0 spiro atoms. The van der Waals surface area contributed by atoms with Crippen molar-refractivity contribution >= 4 is 5.97 Å². The van der Waals surface area contributed by atoms with Gasteiger partial charge in [0, 0.05) is 11.9 Å². The minimum absolute atomic E-state index is 0.512. The average molecular weight is 315 g/mol. The summed E-state index contributed by atoms with van der Waals surface area (Å²) < 4.78 is 1.88. The molecule has 1 atom stereocenters. The van der Waals surface area contributed by atoms with Gasteiger partial charge in [0.1, 0.15) is 5.41 Å². The van der Waals surface area contributed by atoms with E-state index in [1.807, 2.05) is 48.9 Å². The fourth-order valence-electron chi connectivity index (χ4n) is 2.85. The number of benzene rings is 1. The summed E-state index contributed by atoms with van der Waals surface area (Å²) in [6.45, 7) is 4.52. The van der Waals surface area contributed by atoms with E-state index >= 15 is 0 Å². The zero-order valence-corrected chi connectivity index (χ0v) is 13.8. The van der Waals surface area contributed by atoms with Crippen molar-refractivity contribution in [3.05, 3.63) is 48.0 Å². The van der Waals surface area contributed by atoms with Gasteiger partial charge in [0.05, 0.1) is 12.0 Å². The van der Waals surface area contributed by atoms with Crippen molar-refractivity contribution in [3.8, 4) is 5.69 Å². The molecule has 0 radical (unpaired) electrons. The largest absolute Gasteiger partial charge is 0.481 e. The second-order valence-corrected chi connectivity index (χ2v) is 5.99. The van der Waals surface area contributed by atoms with Crippen molar-refractivity contribution in [1.29, 1.82) is 0 Å². The minimum atomic E-state index is -0.939. The minimum Gasteiger partial charge on any atom is -0.481 e. The van der Waals surface area contributed by atoms with Crippen LogP contribution < -0.4 is 5.73 Å².